The van der Waals surface area contributed by atoms with Crippen molar-refractivity contribution in [3.63, 3.8) is 0 Å². The van der Waals surface area contributed by atoms with Gasteiger partial charge in [0, 0.05) is 31.5 Å². The molecule has 1 aliphatic rings. The minimum atomic E-state index is 0.0630. The van der Waals surface area contributed by atoms with Gasteiger partial charge in [-0.3, -0.25) is 0 Å². The Morgan fingerprint density at radius 3 is 2.88 bits per heavy atom. The number of nitrogens with two attached hydrogens (primary N) is 1. The first kappa shape index (κ1) is 11.5. The fourth-order valence-electron chi connectivity index (χ4n) is 1.90. The number of ether oxygens (including phenoxy) is 1. The highest BCUT2D eigenvalue weighted by molar-refractivity contribution is 5.07. The van der Waals surface area contributed by atoms with Crippen molar-refractivity contribution in [2.45, 2.75) is 38.3 Å². The second kappa shape index (κ2) is 4.89. The summed E-state index contributed by atoms with van der Waals surface area (Å²) in [4.78, 5) is 8.83. The Bertz CT molecular complexity index is 350. The molecule has 0 bridgehead atoms. The molecule has 0 spiro atoms. The fourth-order valence-corrected chi connectivity index (χ4v) is 1.90. The van der Waals surface area contributed by atoms with Crippen LogP contribution in [0.3, 0.4) is 0 Å². The maximum atomic E-state index is 5.76. The van der Waals surface area contributed by atoms with E-state index in [-0.39, 0.29) is 12.1 Å². The monoisotopic (exact) mass is 221 g/mol. The Balaban J connectivity index is 2.13. The van der Waals surface area contributed by atoms with Gasteiger partial charge < -0.3 is 10.5 Å². The van der Waals surface area contributed by atoms with E-state index >= 15 is 0 Å². The zero-order chi connectivity index (χ0) is 11.5. The van der Waals surface area contributed by atoms with Gasteiger partial charge in [0.15, 0.2) is 5.82 Å². The van der Waals surface area contributed by atoms with Crippen molar-refractivity contribution in [3.8, 4) is 0 Å². The van der Waals surface area contributed by atoms with E-state index in [0.29, 0.717) is 5.92 Å². The van der Waals surface area contributed by atoms with Crippen LogP contribution in [0.2, 0.25) is 0 Å². The molecule has 1 aromatic heterocycles. The highest BCUT2D eigenvalue weighted by Gasteiger charge is 2.34. The molecule has 0 saturated heterocycles. The summed E-state index contributed by atoms with van der Waals surface area (Å²) in [7, 11) is 1.73. The second-order valence-corrected chi connectivity index (χ2v) is 4.58. The minimum absolute atomic E-state index is 0.0630. The molecule has 4 nitrogen and oxygen atoms in total. The van der Waals surface area contributed by atoms with Gasteiger partial charge >= 0.3 is 0 Å². The van der Waals surface area contributed by atoms with Crippen molar-refractivity contribution in [2.24, 2.45) is 11.7 Å². The number of hydrogen-bond donors (Lipinski definition) is 1. The van der Waals surface area contributed by atoms with E-state index in [4.69, 9.17) is 10.5 Å². The van der Waals surface area contributed by atoms with Crippen molar-refractivity contribution in [1.82, 2.24) is 9.97 Å². The zero-order valence-electron chi connectivity index (χ0n) is 9.89. The lowest BCUT2D eigenvalue weighted by Crippen LogP contribution is -2.19. The van der Waals surface area contributed by atoms with Crippen LogP contribution in [0.4, 0.5) is 0 Å². The first-order chi connectivity index (χ1) is 7.70. The van der Waals surface area contributed by atoms with Crippen LogP contribution in [0.15, 0.2) is 12.3 Å². The van der Waals surface area contributed by atoms with Gasteiger partial charge in [0.2, 0.25) is 0 Å². The Labute approximate surface area is 96.2 Å². The van der Waals surface area contributed by atoms with Crippen molar-refractivity contribution >= 4 is 0 Å². The van der Waals surface area contributed by atoms with Gasteiger partial charge in [-0.1, -0.05) is 0 Å². The molecule has 1 fully saturated rings. The van der Waals surface area contributed by atoms with Gasteiger partial charge in [-0.25, -0.2) is 9.97 Å². The molecular formula is C12H19N3O. The number of nitrogens with zero attached hydrogens (tertiary/aromatic N) is 2. The minimum Gasteiger partial charge on any atom is -0.373 e. The second-order valence-electron chi connectivity index (χ2n) is 4.58. The average molecular weight is 221 g/mol. The third-order valence-corrected chi connectivity index (χ3v) is 2.82. The lowest BCUT2D eigenvalue weighted by atomic mass is 10.1. The topological polar surface area (TPSA) is 61.0 Å². The third-order valence-electron chi connectivity index (χ3n) is 2.82. The molecular weight excluding hydrogens is 202 g/mol. The Morgan fingerprint density at radius 2 is 2.31 bits per heavy atom. The molecule has 2 unspecified atom stereocenters. The van der Waals surface area contributed by atoms with Crippen LogP contribution in [-0.4, -0.2) is 23.1 Å². The SMILES string of the molecule is COC(c1nccc(CC(C)N)n1)C1CC1. The molecule has 2 atom stereocenters. The summed E-state index contributed by atoms with van der Waals surface area (Å²) in [6.45, 7) is 1.98. The molecule has 0 aliphatic heterocycles. The van der Waals surface area contributed by atoms with E-state index in [9.17, 15) is 0 Å². The van der Waals surface area contributed by atoms with Crippen molar-refractivity contribution in [1.29, 1.82) is 0 Å². The predicted molar refractivity (Wildman–Crippen MR) is 61.9 cm³/mol. The van der Waals surface area contributed by atoms with E-state index in [2.05, 4.69) is 9.97 Å². The standard InChI is InChI=1S/C12H19N3O/c1-8(13)7-10-5-6-14-12(15-10)11(16-2)9-3-4-9/h5-6,8-9,11H,3-4,7,13H2,1-2H3. The number of hydrogen-bond acceptors (Lipinski definition) is 4. The summed E-state index contributed by atoms with van der Waals surface area (Å²) >= 11 is 0. The maximum absolute atomic E-state index is 5.76. The zero-order valence-corrected chi connectivity index (χ0v) is 9.89. The van der Waals surface area contributed by atoms with Crippen LogP contribution in [0, 0.1) is 5.92 Å². The summed E-state index contributed by atoms with van der Waals surface area (Å²) in [5.41, 5.74) is 6.77. The van der Waals surface area contributed by atoms with Gasteiger partial charge in [0.1, 0.15) is 6.10 Å². The van der Waals surface area contributed by atoms with Crippen molar-refractivity contribution in [2.75, 3.05) is 7.11 Å². The van der Waals surface area contributed by atoms with Crippen LogP contribution in [0.1, 0.15) is 37.4 Å². The van der Waals surface area contributed by atoms with E-state index in [0.717, 1.165) is 17.9 Å². The molecule has 16 heavy (non-hydrogen) atoms. The molecule has 1 saturated carbocycles. The number of methoxy groups -OCH3 is 1. The summed E-state index contributed by atoms with van der Waals surface area (Å²) < 4.78 is 5.46. The summed E-state index contributed by atoms with van der Waals surface area (Å²) in [6.07, 6.45) is 5.09. The van der Waals surface area contributed by atoms with Gasteiger partial charge in [0.05, 0.1) is 0 Å². The van der Waals surface area contributed by atoms with Crippen LogP contribution in [0.5, 0.6) is 0 Å². The van der Waals surface area contributed by atoms with Gasteiger partial charge in [-0.15, -0.1) is 0 Å². The van der Waals surface area contributed by atoms with Crippen LogP contribution in [-0.2, 0) is 11.2 Å². The largest absolute Gasteiger partial charge is 0.373 e. The Morgan fingerprint density at radius 1 is 1.56 bits per heavy atom. The number of rotatable bonds is 5. The van der Waals surface area contributed by atoms with Gasteiger partial charge in [0.25, 0.3) is 0 Å². The smallest absolute Gasteiger partial charge is 0.157 e. The van der Waals surface area contributed by atoms with Crippen LogP contribution < -0.4 is 5.73 Å². The third kappa shape index (κ3) is 2.77. The normalized spacial score (nSPS) is 19.4. The Hall–Kier alpha value is -1.00. The van der Waals surface area contributed by atoms with Crippen molar-refractivity contribution in [3.05, 3.63) is 23.8 Å². The van der Waals surface area contributed by atoms with E-state index < -0.39 is 0 Å². The Kier molecular flexibility index (Phi) is 3.51. The molecule has 1 aromatic rings. The molecule has 0 aromatic carbocycles. The molecule has 88 valence electrons. The molecule has 2 rings (SSSR count). The highest BCUT2D eigenvalue weighted by atomic mass is 16.5. The van der Waals surface area contributed by atoms with Gasteiger partial charge in [-0.2, -0.15) is 0 Å². The van der Waals surface area contributed by atoms with Gasteiger partial charge in [-0.05, 0) is 31.7 Å². The molecule has 2 N–H and O–H groups in total. The lowest BCUT2D eigenvalue weighted by molar-refractivity contribution is 0.0770. The van der Waals surface area contributed by atoms with E-state index in [1.54, 1.807) is 13.3 Å². The molecule has 0 amide bonds. The fraction of sp³-hybridized carbons (Fsp3) is 0.667. The lowest BCUT2D eigenvalue weighted by Gasteiger charge is -2.14. The quantitative estimate of drug-likeness (QED) is 0.817. The first-order valence-electron chi connectivity index (χ1n) is 5.81. The summed E-state index contributed by atoms with van der Waals surface area (Å²) in [5, 5.41) is 0. The summed E-state index contributed by atoms with van der Waals surface area (Å²) in [5.74, 6) is 1.42. The number of aromatic nitrogens is 2. The summed E-state index contributed by atoms with van der Waals surface area (Å²) in [6, 6.07) is 2.05. The van der Waals surface area contributed by atoms with Crippen molar-refractivity contribution < 1.29 is 4.74 Å². The molecule has 1 heterocycles. The van der Waals surface area contributed by atoms with E-state index in [1.807, 2.05) is 13.0 Å². The maximum Gasteiger partial charge on any atom is 0.157 e. The van der Waals surface area contributed by atoms with Crippen LogP contribution >= 0.6 is 0 Å². The molecule has 4 heteroatoms. The first-order valence-corrected chi connectivity index (χ1v) is 5.81. The predicted octanol–water partition coefficient (Wildman–Crippen LogP) is 1.46. The molecule has 1 aliphatic carbocycles. The average Bonchev–Trinajstić information content (AvgIpc) is 3.03. The molecule has 0 radical (unpaired) electrons. The van der Waals surface area contributed by atoms with Crippen LogP contribution in [0.25, 0.3) is 0 Å². The van der Waals surface area contributed by atoms with E-state index in [1.165, 1.54) is 12.8 Å². The highest BCUT2D eigenvalue weighted by Crippen LogP contribution is 2.41.